The molecule has 1 aromatic heterocycles. The first kappa shape index (κ1) is 12.2. The number of carbonyl (C=O) groups is 1. The van der Waals surface area contributed by atoms with Crippen molar-refractivity contribution in [1.82, 2.24) is 15.4 Å². The highest BCUT2D eigenvalue weighted by molar-refractivity contribution is 5.81. The SMILES string of the molecule is O=C(O)CNc1ccc(-c2ccc3n[nH]nc3c2)cc1. The molecule has 3 aromatic rings. The summed E-state index contributed by atoms with van der Waals surface area (Å²) in [7, 11) is 0. The lowest BCUT2D eigenvalue weighted by Gasteiger charge is -2.05. The second-order valence-electron chi connectivity index (χ2n) is 4.35. The zero-order valence-electron chi connectivity index (χ0n) is 10.5. The number of carboxylic acids is 1. The van der Waals surface area contributed by atoms with E-state index in [9.17, 15) is 4.79 Å². The molecule has 100 valence electrons. The van der Waals surface area contributed by atoms with Crippen LogP contribution >= 0.6 is 0 Å². The maximum Gasteiger partial charge on any atom is 0.322 e. The van der Waals surface area contributed by atoms with Gasteiger partial charge in [0.2, 0.25) is 0 Å². The standard InChI is InChI=1S/C14H12N4O2/c19-14(20)8-15-11-4-1-9(2-5-11)10-3-6-12-13(7-10)17-18-16-12/h1-7,15H,8H2,(H,19,20)(H,16,17,18). The minimum Gasteiger partial charge on any atom is -0.480 e. The van der Waals surface area contributed by atoms with Crippen molar-refractivity contribution >= 4 is 22.7 Å². The molecule has 2 aromatic carbocycles. The molecule has 0 saturated carbocycles. The molecular weight excluding hydrogens is 256 g/mol. The molecule has 0 fully saturated rings. The van der Waals surface area contributed by atoms with Crippen LogP contribution in [-0.4, -0.2) is 33.0 Å². The molecule has 20 heavy (non-hydrogen) atoms. The molecule has 6 nitrogen and oxygen atoms in total. The van der Waals surface area contributed by atoms with Gasteiger partial charge in [-0.3, -0.25) is 4.79 Å². The van der Waals surface area contributed by atoms with E-state index in [2.05, 4.69) is 20.7 Å². The minimum absolute atomic E-state index is 0.0930. The Kier molecular flexibility index (Phi) is 3.04. The Labute approximate surface area is 114 Å². The summed E-state index contributed by atoms with van der Waals surface area (Å²) in [6.45, 7) is -0.0930. The first-order valence-corrected chi connectivity index (χ1v) is 6.09. The van der Waals surface area contributed by atoms with Gasteiger partial charge in [-0.25, -0.2) is 0 Å². The molecule has 0 amide bonds. The molecule has 1 heterocycles. The van der Waals surface area contributed by atoms with E-state index < -0.39 is 5.97 Å². The number of hydrogen-bond acceptors (Lipinski definition) is 4. The average Bonchev–Trinajstić information content (AvgIpc) is 2.93. The Morgan fingerprint density at radius 2 is 1.75 bits per heavy atom. The van der Waals surface area contributed by atoms with Gasteiger partial charge in [0.1, 0.15) is 17.6 Å². The molecule has 0 spiro atoms. The number of nitrogens with one attached hydrogen (secondary N) is 2. The number of hydrogen-bond donors (Lipinski definition) is 3. The molecule has 0 saturated heterocycles. The van der Waals surface area contributed by atoms with Crippen molar-refractivity contribution in [3.8, 4) is 11.1 Å². The largest absolute Gasteiger partial charge is 0.480 e. The van der Waals surface area contributed by atoms with Gasteiger partial charge >= 0.3 is 5.97 Å². The van der Waals surface area contributed by atoms with Crippen LogP contribution in [0.25, 0.3) is 22.2 Å². The predicted octanol–water partition coefficient (Wildman–Crippen LogP) is 2.12. The van der Waals surface area contributed by atoms with E-state index in [0.29, 0.717) is 0 Å². The van der Waals surface area contributed by atoms with E-state index in [1.807, 2.05) is 42.5 Å². The summed E-state index contributed by atoms with van der Waals surface area (Å²) in [6.07, 6.45) is 0. The van der Waals surface area contributed by atoms with E-state index in [1.54, 1.807) is 0 Å². The fourth-order valence-corrected chi connectivity index (χ4v) is 1.98. The third kappa shape index (κ3) is 2.44. The van der Waals surface area contributed by atoms with Crippen molar-refractivity contribution in [2.24, 2.45) is 0 Å². The van der Waals surface area contributed by atoms with Gasteiger partial charge in [0.25, 0.3) is 0 Å². The quantitative estimate of drug-likeness (QED) is 0.674. The molecule has 0 radical (unpaired) electrons. The van der Waals surface area contributed by atoms with Crippen LogP contribution < -0.4 is 5.32 Å². The number of rotatable bonds is 4. The van der Waals surface area contributed by atoms with Crippen molar-refractivity contribution in [2.45, 2.75) is 0 Å². The van der Waals surface area contributed by atoms with Crippen LogP contribution in [0.2, 0.25) is 0 Å². The fourth-order valence-electron chi connectivity index (χ4n) is 1.98. The number of carboxylic acid groups (broad SMARTS) is 1. The maximum absolute atomic E-state index is 10.5. The fraction of sp³-hybridized carbons (Fsp3) is 0.0714. The summed E-state index contributed by atoms with van der Waals surface area (Å²) in [5.41, 5.74) is 4.50. The summed E-state index contributed by atoms with van der Waals surface area (Å²) >= 11 is 0. The third-order valence-electron chi connectivity index (χ3n) is 2.98. The Morgan fingerprint density at radius 3 is 2.50 bits per heavy atom. The highest BCUT2D eigenvalue weighted by atomic mass is 16.4. The van der Waals surface area contributed by atoms with Crippen molar-refractivity contribution in [3.05, 3.63) is 42.5 Å². The third-order valence-corrected chi connectivity index (χ3v) is 2.98. The number of fused-ring (bicyclic) bond motifs is 1. The number of anilines is 1. The van der Waals surface area contributed by atoms with Crippen LogP contribution in [-0.2, 0) is 4.79 Å². The molecule has 3 rings (SSSR count). The first-order chi connectivity index (χ1) is 9.72. The molecular formula is C14H12N4O2. The summed E-state index contributed by atoms with van der Waals surface area (Å²) in [6, 6.07) is 13.4. The van der Waals surface area contributed by atoms with E-state index in [0.717, 1.165) is 27.8 Å². The van der Waals surface area contributed by atoms with Gasteiger partial charge in [-0.05, 0) is 35.4 Å². The zero-order valence-corrected chi connectivity index (χ0v) is 10.5. The summed E-state index contributed by atoms with van der Waals surface area (Å²) in [4.78, 5) is 10.5. The topological polar surface area (TPSA) is 90.9 Å². The Balaban J connectivity index is 1.84. The van der Waals surface area contributed by atoms with Crippen molar-refractivity contribution in [2.75, 3.05) is 11.9 Å². The van der Waals surface area contributed by atoms with E-state index in [1.165, 1.54) is 0 Å². The average molecular weight is 268 g/mol. The van der Waals surface area contributed by atoms with Gasteiger partial charge in [-0.15, -0.1) is 0 Å². The van der Waals surface area contributed by atoms with Crippen LogP contribution in [0.5, 0.6) is 0 Å². The van der Waals surface area contributed by atoms with Gasteiger partial charge in [0, 0.05) is 5.69 Å². The summed E-state index contributed by atoms with van der Waals surface area (Å²) < 4.78 is 0. The molecule has 6 heteroatoms. The molecule has 3 N–H and O–H groups in total. The van der Waals surface area contributed by atoms with E-state index in [4.69, 9.17) is 5.11 Å². The van der Waals surface area contributed by atoms with Crippen LogP contribution in [0.1, 0.15) is 0 Å². The van der Waals surface area contributed by atoms with Crippen LogP contribution in [0.4, 0.5) is 5.69 Å². The molecule has 0 aliphatic rings. The molecule has 0 bridgehead atoms. The molecule has 0 aliphatic carbocycles. The number of benzene rings is 2. The van der Waals surface area contributed by atoms with Crippen LogP contribution in [0.15, 0.2) is 42.5 Å². The van der Waals surface area contributed by atoms with Gasteiger partial charge in [-0.1, -0.05) is 18.2 Å². The van der Waals surface area contributed by atoms with Gasteiger partial charge in [0.15, 0.2) is 0 Å². The Bertz CT molecular complexity index is 749. The zero-order chi connectivity index (χ0) is 13.9. The van der Waals surface area contributed by atoms with E-state index in [-0.39, 0.29) is 6.54 Å². The Hall–Kier alpha value is -2.89. The molecule has 0 aliphatic heterocycles. The van der Waals surface area contributed by atoms with Crippen LogP contribution in [0.3, 0.4) is 0 Å². The van der Waals surface area contributed by atoms with Gasteiger partial charge in [0.05, 0.1) is 0 Å². The number of H-pyrrole nitrogens is 1. The number of aromatic nitrogens is 3. The summed E-state index contributed by atoms with van der Waals surface area (Å²) in [5, 5.41) is 22.1. The monoisotopic (exact) mass is 268 g/mol. The summed E-state index contributed by atoms with van der Waals surface area (Å²) in [5.74, 6) is -0.884. The second-order valence-corrected chi connectivity index (χ2v) is 4.35. The van der Waals surface area contributed by atoms with Crippen molar-refractivity contribution in [3.63, 3.8) is 0 Å². The smallest absolute Gasteiger partial charge is 0.322 e. The lowest BCUT2D eigenvalue weighted by molar-refractivity contribution is -0.134. The predicted molar refractivity (Wildman–Crippen MR) is 75.5 cm³/mol. The first-order valence-electron chi connectivity index (χ1n) is 6.09. The van der Waals surface area contributed by atoms with Crippen molar-refractivity contribution < 1.29 is 9.90 Å². The number of nitrogens with zero attached hydrogens (tertiary/aromatic N) is 2. The highest BCUT2D eigenvalue weighted by Gasteiger charge is 2.03. The molecule has 0 atom stereocenters. The lowest BCUT2D eigenvalue weighted by atomic mass is 10.0. The maximum atomic E-state index is 10.5. The Morgan fingerprint density at radius 1 is 1.05 bits per heavy atom. The normalized spacial score (nSPS) is 10.6. The van der Waals surface area contributed by atoms with Gasteiger partial charge < -0.3 is 10.4 Å². The minimum atomic E-state index is -0.884. The molecule has 0 unspecified atom stereocenters. The highest BCUT2D eigenvalue weighted by Crippen LogP contribution is 2.23. The number of aliphatic carboxylic acids is 1. The van der Waals surface area contributed by atoms with Gasteiger partial charge in [-0.2, -0.15) is 15.4 Å². The lowest BCUT2D eigenvalue weighted by Crippen LogP contribution is -2.11. The van der Waals surface area contributed by atoms with Crippen molar-refractivity contribution in [1.29, 1.82) is 0 Å². The van der Waals surface area contributed by atoms with Crippen LogP contribution in [0, 0.1) is 0 Å². The second kappa shape index (κ2) is 5.00. The number of aromatic amines is 1. The van der Waals surface area contributed by atoms with E-state index >= 15 is 0 Å².